The van der Waals surface area contributed by atoms with Gasteiger partial charge in [0.05, 0.1) is 25.1 Å². The predicted molar refractivity (Wildman–Crippen MR) is 314 cm³/mol. The number of amides is 11. The summed E-state index contributed by atoms with van der Waals surface area (Å²) < 4.78 is 0. The molecule has 2 heterocycles. The third-order valence-corrected chi connectivity index (χ3v) is 15.0. The normalized spacial score (nSPS) is 17.1. The Morgan fingerprint density at radius 3 is 1.73 bits per heavy atom. The molecule has 0 aliphatic carbocycles. The van der Waals surface area contributed by atoms with E-state index in [1.807, 2.05) is 24.3 Å². The molecule has 2 aromatic rings. The van der Waals surface area contributed by atoms with Crippen molar-refractivity contribution in [1.82, 2.24) is 57.7 Å². The number of para-hydroxylation sites is 1. The van der Waals surface area contributed by atoms with Gasteiger partial charge in [0.15, 0.2) is 0 Å². The van der Waals surface area contributed by atoms with E-state index in [1.165, 1.54) is 6.92 Å². The maximum Gasteiger partial charge on any atom is 0.326 e. The summed E-state index contributed by atoms with van der Waals surface area (Å²) in [4.78, 5) is 189. The number of nitrogens with zero attached hydrogens (tertiary/aromatic N) is 1. The molecule has 0 radical (unpaired) electrons. The molecule has 13 atom stereocenters. The van der Waals surface area contributed by atoms with Crippen molar-refractivity contribution < 1.29 is 87.5 Å². The fourth-order valence-corrected chi connectivity index (χ4v) is 9.60. The summed E-state index contributed by atoms with van der Waals surface area (Å²) in [7, 11) is 0. The van der Waals surface area contributed by atoms with Gasteiger partial charge in [0, 0.05) is 36.5 Å². The van der Waals surface area contributed by atoms with Crippen molar-refractivity contribution in [2.75, 3.05) is 13.1 Å². The molecule has 1 aliphatic rings. The van der Waals surface area contributed by atoms with Gasteiger partial charge in [-0.2, -0.15) is 0 Å². The third kappa shape index (κ3) is 22.8. The van der Waals surface area contributed by atoms with Crippen LogP contribution >= 0.6 is 0 Å². The maximum absolute atomic E-state index is 14.4. The molecule has 31 heteroatoms. The molecule has 11 amide bonds. The lowest BCUT2D eigenvalue weighted by Gasteiger charge is -2.32. The Hall–Kier alpha value is -8.74. The van der Waals surface area contributed by atoms with Crippen LogP contribution in [0, 0.1) is 17.8 Å². The van der Waals surface area contributed by atoms with Crippen LogP contribution in [-0.4, -0.2) is 193 Å². The van der Waals surface area contributed by atoms with Crippen LogP contribution in [0.1, 0.15) is 125 Å². The number of aromatic nitrogens is 1. The molecule has 488 valence electrons. The summed E-state index contributed by atoms with van der Waals surface area (Å²) in [6, 6.07) is -7.42. The van der Waals surface area contributed by atoms with E-state index in [4.69, 9.17) is 11.5 Å². The second-order valence-corrected chi connectivity index (χ2v) is 22.6. The van der Waals surface area contributed by atoms with E-state index in [0.29, 0.717) is 6.42 Å². The quantitative estimate of drug-likeness (QED) is 0.0326. The topological polar surface area (TPSA) is 499 Å². The van der Waals surface area contributed by atoms with Crippen molar-refractivity contribution >= 4 is 93.8 Å². The predicted octanol–water partition coefficient (Wildman–Crippen LogP) is -2.75. The minimum Gasteiger partial charge on any atom is -0.481 e. The van der Waals surface area contributed by atoms with Crippen LogP contribution in [0.2, 0.25) is 0 Å². The zero-order valence-electron chi connectivity index (χ0n) is 50.8. The third-order valence-electron chi connectivity index (χ3n) is 15.0. The van der Waals surface area contributed by atoms with Crippen molar-refractivity contribution in [2.24, 2.45) is 29.2 Å². The molecule has 1 aromatic carbocycles. The molecule has 1 aromatic heterocycles. The first-order chi connectivity index (χ1) is 41.3. The molecule has 1 fully saturated rings. The zero-order valence-corrected chi connectivity index (χ0v) is 50.8. The van der Waals surface area contributed by atoms with Crippen LogP contribution in [0.3, 0.4) is 0 Å². The first-order valence-electron chi connectivity index (χ1n) is 29.2. The summed E-state index contributed by atoms with van der Waals surface area (Å²) in [6.07, 6.45) is -2.32. The molecule has 0 saturated carbocycles. The van der Waals surface area contributed by atoms with Crippen molar-refractivity contribution in [1.29, 1.82) is 0 Å². The highest BCUT2D eigenvalue weighted by Crippen LogP contribution is 2.22. The highest BCUT2D eigenvalue weighted by Gasteiger charge is 2.42. The van der Waals surface area contributed by atoms with Crippen molar-refractivity contribution in [3.63, 3.8) is 0 Å². The zero-order chi connectivity index (χ0) is 66.3. The van der Waals surface area contributed by atoms with Crippen molar-refractivity contribution in [2.45, 2.75) is 193 Å². The highest BCUT2D eigenvalue weighted by molar-refractivity contribution is 6.00. The Bertz CT molecular complexity index is 2840. The van der Waals surface area contributed by atoms with Gasteiger partial charge in [0.2, 0.25) is 65.0 Å². The van der Waals surface area contributed by atoms with E-state index in [1.54, 1.807) is 47.7 Å². The average Bonchev–Trinajstić information content (AvgIpc) is 1.96. The molecule has 18 N–H and O–H groups in total. The maximum atomic E-state index is 14.4. The first kappa shape index (κ1) is 73.5. The smallest absolute Gasteiger partial charge is 0.326 e. The number of aliphatic hydroxyl groups is 1. The Labute approximate surface area is 508 Å². The second-order valence-electron chi connectivity index (χ2n) is 22.6. The summed E-state index contributed by atoms with van der Waals surface area (Å²) in [5.41, 5.74) is 13.5. The van der Waals surface area contributed by atoms with E-state index in [-0.39, 0.29) is 44.6 Å². The van der Waals surface area contributed by atoms with E-state index in [0.717, 1.165) is 28.3 Å². The fourth-order valence-electron chi connectivity index (χ4n) is 9.60. The molecule has 0 unspecified atom stereocenters. The lowest BCUT2D eigenvalue weighted by Crippen LogP contribution is -2.61. The number of nitrogens with one attached hydrogen (secondary N) is 10. The van der Waals surface area contributed by atoms with Gasteiger partial charge in [-0.15, -0.1) is 0 Å². The van der Waals surface area contributed by atoms with Gasteiger partial charge < -0.3 is 89.6 Å². The number of aliphatic hydroxyl groups excluding tert-OH is 1. The van der Waals surface area contributed by atoms with Gasteiger partial charge >= 0.3 is 17.9 Å². The van der Waals surface area contributed by atoms with E-state index in [9.17, 15) is 87.5 Å². The number of carboxylic acid groups (broad SMARTS) is 3. The summed E-state index contributed by atoms with van der Waals surface area (Å²) in [5.74, 6) is -16.2. The van der Waals surface area contributed by atoms with Gasteiger partial charge in [0.1, 0.15) is 54.4 Å². The molecule has 88 heavy (non-hydrogen) atoms. The molecular formula is C57H87N13O18. The van der Waals surface area contributed by atoms with Crippen LogP contribution in [0.4, 0.5) is 0 Å². The van der Waals surface area contributed by atoms with Crippen LogP contribution in [0.15, 0.2) is 30.5 Å². The summed E-state index contributed by atoms with van der Waals surface area (Å²) in [6.45, 7) is 11.5. The number of aromatic amines is 1. The summed E-state index contributed by atoms with van der Waals surface area (Å²) >= 11 is 0. The van der Waals surface area contributed by atoms with Crippen molar-refractivity contribution in [3.8, 4) is 0 Å². The van der Waals surface area contributed by atoms with E-state index >= 15 is 0 Å². The first-order valence-corrected chi connectivity index (χ1v) is 29.2. The number of aliphatic carboxylic acids is 3. The number of likely N-dealkylation sites (tertiary alicyclic amines) is 1. The van der Waals surface area contributed by atoms with Crippen LogP contribution < -0.4 is 59.3 Å². The lowest BCUT2D eigenvalue weighted by atomic mass is 9.96. The number of H-pyrrole nitrogens is 1. The number of carbonyl (C=O) groups excluding carboxylic acids is 11. The second kappa shape index (κ2) is 35.2. The van der Waals surface area contributed by atoms with E-state index < -0.39 is 200 Å². The molecule has 3 rings (SSSR count). The van der Waals surface area contributed by atoms with Crippen molar-refractivity contribution in [3.05, 3.63) is 36.0 Å². The number of carboxylic acids is 3. The minimum absolute atomic E-state index is 0.0599. The van der Waals surface area contributed by atoms with Gasteiger partial charge in [-0.05, 0) is 81.8 Å². The average molecular weight is 1240 g/mol. The Morgan fingerprint density at radius 1 is 0.636 bits per heavy atom. The number of nitrogens with two attached hydrogens (primary N) is 2. The molecule has 31 nitrogen and oxygen atoms in total. The lowest BCUT2D eigenvalue weighted by molar-refractivity contribution is -0.144. The monoisotopic (exact) mass is 1240 g/mol. The molecule has 0 bridgehead atoms. The molecule has 1 saturated heterocycles. The number of rotatable bonds is 37. The van der Waals surface area contributed by atoms with Gasteiger partial charge in [-0.3, -0.25) is 62.3 Å². The molecular weight excluding hydrogens is 1150 g/mol. The number of hydrogen-bond donors (Lipinski definition) is 16. The molecule has 1 aliphatic heterocycles. The van der Waals surface area contributed by atoms with Crippen LogP contribution in [-0.2, 0) is 73.5 Å². The van der Waals surface area contributed by atoms with Gasteiger partial charge in [-0.25, -0.2) is 4.79 Å². The number of benzene rings is 1. The standard InChI is InChI=1S/C57H87N13O18/c1-9-28(5)45(67-50(80)36(17-19-43(74)75)63-52(82)38(22-27(3)4)65-49(79)34(58)23-32-25-60-35-15-12-11-14-33(32)35)55(85)66-39(24-41(59)72)56(86)70-21-13-16-40(70)53(83)64-37(18-20-44(76)77)51(81)69-47(31(8)71)54(84)61-26-42(73)62-30(7)48(78)68-46(57(87)88)29(6)10-2/h11-12,14-15,25,27-31,34,36-40,45-47,60,71H,9-10,13,16-24,26,58H2,1-8H3,(H2,59,72)(H,61,84)(H,62,73)(H,63,82)(H,64,83)(H,65,79)(H,66,85)(H,67,80)(H,68,78)(H,69,81)(H,74,75)(H,76,77)(H,87,88)/t28-,29-,30-,31+,34-,36-,37-,38-,39-,40-,45-,46-,47-/m0/s1. The van der Waals surface area contributed by atoms with Gasteiger partial charge in [0.25, 0.3) is 0 Å². The molecule has 0 spiro atoms. The summed E-state index contributed by atoms with van der Waals surface area (Å²) in [5, 5.41) is 61.7. The number of fused-ring (bicyclic) bond motifs is 1. The minimum atomic E-state index is -1.83. The highest BCUT2D eigenvalue weighted by atomic mass is 16.4. The Morgan fingerprint density at radius 2 is 1.17 bits per heavy atom. The Kier molecular flexibility index (Phi) is 29.4. The number of hydrogen-bond acceptors (Lipinski definition) is 16. The number of carbonyl (C=O) groups is 14. The van der Waals surface area contributed by atoms with Crippen LogP contribution in [0.25, 0.3) is 10.9 Å². The largest absolute Gasteiger partial charge is 0.481 e. The fraction of sp³-hybridized carbons (Fsp3) is 0.614. The SMILES string of the molecule is CC[C@H](C)[C@H](NC(=O)[C@H](C)NC(=O)CNC(=O)[C@@H](NC(=O)[C@H](CCC(=O)O)NC(=O)[C@@H]1CCCN1C(=O)[C@H](CC(N)=O)NC(=O)[C@@H](NC(=O)[C@H](CCC(=O)O)NC(=O)[C@H](CC(C)C)NC(=O)[C@@H](N)Cc1c[nH]c2ccccc12)[C@@H](C)CC)[C@@H](C)O)C(=O)O. The van der Waals surface area contributed by atoms with Crippen LogP contribution in [0.5, 0.6) is 0 Å². The Balaban J connectivity index is 1.79. The van der Waals surface area contributed by atoms with Gasteiger partial charge in [-0.1, -0.05) is 72.6 Å². The van der Waals surface area contributed by atoms with E-state index in [2.05, 4.69) is 52.8 Å². The number of primary amides is 1.